The summed E-state index contributed by atoms with van der Waals surface area (Å²) in [5, 5.41) is 0. The summed E-state index contributed by atoms with van der Waals surface area (Å²) in [6.07, 6.45) is 2.36. The van der Waals surface area contributed by atoms with Gasteiger partial charge in [-0.15, -0.1) is 0 Å². The summed E-state index contributed by atoms with van der Waals surface area (Å²) < 4.78 is 10.4. The predicted molar refractivity (Wildman–Crippen MR) is 84.4 cm³/mol. The molecule has 0 aliphatic carbocycles. The van der Waals surface area contributed by atoms with Crippen LogP contribution >= 0.6 is 0 Å². The van der Waals surface area contributed by atoms with E-state index in [4.69, 9.17) is 6.64 Å². The van der Waals surface area contributed by atoms with Crippen molar-refractivity contribution in [3.63, 3.8) is 0 Å². The first-order valence-corrected chi connectivity index (χ1v) is 8.91. The van der Waals surface area contributed by atoms with Gasteiger partial charge in [-0.1, -0.05) is 0 Å². The first-order chi connectivity index (χ1) is 10.7. The summed E-state index contributed by atoms with van der Waals surface area (Å²) in [5.41, 5.74) is 0. The molecule has 0 spiro atoms. The molecule has 0 N–H and O–H groups in total. The normalized spacial score (nSPS) is 8.78. The molecule has 0 atom stereocenters. The van der Waals surface area contributed by atoms with Crippen molar-refractivity contribution in [1.29, 1.82) is 0 Å². The molecule has 0 fully saturated rings. The molecule has 0 aliphatic rings. The fourth-order valence-electron chi connectivity index (χ4n) is 1.03. The van der Waals surface area contributed by atoms with Crippen molar-refractivity contribution in [3.05, 3.63) is 0 Å². The van der Waals surface area contributed by atoms with Crippen molar-refractivity contribution in [2.75, 3.05) is 13.2 Å². The molecule has 0 saturated carbocycles. The Hall–Kier alpha value is -0.686. The van der Waals surface area contributed by atoms with Crippen LogP contribution < -0.4 is 0 Å². The number of Topliss-reactive ketones (excluding diaryl/α,β-unsaturated/α-hetero) is 4. The van der Waals surface area contributed by atoms with Crippen LogP contribution in [0.4, 0.5) is 0 Å². The van der Waals surface area contributed by atoms with Gasteiger partial charge in [0.2, 0.25) is 0 Å². The van der Waals surface area contributed by atoms with Gasteiger partial charge in [-0.3, -0.25) is 19.2 Å². The van der Waals surface area contributed by atoms with E-state index < -0.39 is 19.9 Å². The molecule has 0 heterocycles. The quantitative estimate of drug-likeness (QED) is 0.336. The topological polar surface area (TPSA) is 86.7 Å². The fraction of sp³-hybridized carbons (Fsp3) is 0.750. The van der Waals surface area contributed by atoms with Gasteiger partial charge in [-0.25, -0.2) is 0 Å². The zero-order valence-electron chi connectivity index (χ0n) is 15.2. The molecule has 0 bridgehead atoms. The number of hydrogen-bond acceptors (Lipinski definition) is 6. The summed E-state index contributed by atoms with van der Waals surface area (Å²) in [6.45, 7) is 11.6. The van der Waals surface area contributed by atoms with Crippen molar-refractivity contribution >= 4 is 23.1 Å². The van der Waals surface area contributed by atoms with Crippen molar-refractivity contribution in [2.45, 2.75) is 67.2 Å². The predicted octanol–water partition coefficient (Wildman–Crippen LogP) is 2.86. The molecule has 0 amide bonds. The van der Waals surface area contributed by atoms with Crippen LogP contribution in [0.25, 0.3) is 0 Å². The van der Waals surface area contributed by atoms with Crippen LogP contribution in [0.1, 0.15) is 67.2 Å². The third-order valence-electron chi connectivity index (χ3n) is 1.73. The average molecular weight is 366 g/mol. The van der Waals surface area contributed by atoms with Gasteiger partial charge < -0.3 is 0 Å². The van der Waals surface area contributed by atoms with Crippen LogP contribution in [-0.4, -0.2) is 36.3 Å². The standard InChI is InChI=1S/2C5H8O2.2C3H7O.Ti/c2*1-4(6)3-5(2)7;2*1-2-3-4;/h2*3H2,1-2H3;2*2-3H2,1H3;/q;;2*-1;+2. The van der Waals surface area contributed by atoms with Crippen molar-refractivity contribution in [3.8, 4) is 0 Å². The summed E-state index contributed by atoms with van der Waals surface area (Å²) >= 11 is -0.504. The summed E-state index contributed by atoms with van der Waals surface area (Å²) in [7, 11) is 0. The van der Waals surface area contributed by atoms with E-state index in [1.165, 1.54) is 27.7 Å². The second kappa shape index (κ2) is 21.3. The van der Waals surface area contributed by atoms with Gasteiger partial charge in [0.1, 0.15) is 23.1 Å². The van der Waals surface area contributed by atoms with Crippen LogP contribution in [-0.2, 0) is 45.7 Å². The minimum absolute atomic E-state index is 0.0625. The van der Waals surface area contributed by atoms with Gasteiger partial charge in [0, 0.05) is 0 Å². The average Bonchev–Trinajstić information content (AvgIpc) is 2.36. The molecule has 0 aromatic heterocycles. The summed E-state index contributed by atoms with van der Waals surface area (Å²) in [6, 6.07) is 0. The van der Waals surface area contributed by atoms with E-state index in [2.05, 4.69) is 13.8 Å². The van der Waals surface area contributed by atoms with Gasteiger partial charge in [-0.05, 0) is 27.7 Å². The SMILES string of the molecule is CC(=O)CC(C)=O.CC(=O)CC(C)=O.CCC[O][Ti][O]CCC. The Morgan fingerprint density at radius 1 is 0.652 bits per heavy atom. The molecule has 0 radical (unpaired) electrons. The summed E-state index contributed by atoms with van der Waals surface area (Å²) in [4.78, 5) is 40.1. The maximum absolute atomic E-state index is 10.0. The van der Waals surface area contributed by atoms with E-state index in [1.807, 2.05) is 0 Å². The van der Waals surface area contributed by atoms with Gasteiger partial charge in [0.15, 0.2) is 0 Å². The molecule has 7 heteroatoms. The molecule has 0 saturated heterocycles. The van der Waals surface area contributed by atoms with E-state index in [1.54, 1.807) is 0 Å². The summed E-state index contributed by atoms with van der Waals surface area (Å²) in [5.74, 6) is -0.250. The first-order valence-electron chi connectivity index (χ1n) is 7.63. The molecule has 0 unspecified atom stereocenters. The number of ketones is 4. The zero-order chi connectivity index (χ0) is 18.7. The van der Waals surface area contributed by atoms with Crippen LogP contribution in [0, 0.1) is 0 Å². The molecule has 134 valence electrons. The fourth-order valence-corrected chi connectivity index (χ4v) is 2.06. The van der Waals surface area contributed by atoms with E-state index >= 15 is 0 Å². The Bertz CT molecular complexity index is 285. The molecule has 0 aromatic carbocycles. The Labute approximate surface area is 149 Å². The molecule has 0 rings (SSSR count). The maximum atomic E-state index is 10.0. The Balaban J connectivity index is -0.000000264. The van der Waals surface area contributed by atoms with E-state index in [9.17, 15) is 19.2 Å². The van der Waals surface area contributed by atoms with Crippen LogP contribution in [0.2, 0.25) is 0 Å². The van der Waals surface area contributed by atoms with Crippen LogP contribution in [0.15, 0.2) is 0 Å². The van der Waals surface area contributed by atoms with Gasteiger partial charge in [0.05, 0.1) is 12.8 Å². The minimum atomic E-state index is -0.504. The van der Waals surface area contributed by atoms with Crippen molar-refractivity contribution in [1.82, 2.24) is 0 Å². The Kier molecular flexibility index (Phi) is 25.2. The third kappa shape index (κ3) is 44.9. The second-order valence-corrected chi connectivity index (χ2v) is 6.10. The monoisotopic (exact) mass is 366 g/mol. The van der Waals surface area contributed by atoms with E-state index in [0.717, 1.165) is 26.1 Å². The molecular weight excluding hydrogens is 336 g/mol. The zero-order valence-corrected chi connectivity index (χ0v) is 16.8. The number of rotatable bonds is 10. The van der Waals surface area contributed by atoms with Gasteiger partial charge in [-0.2, -0.15) is 0 Å². The van der Waals surface area contributed by atoms with Gasteiger partial charge in [0.25, 0.3) is 0 Å². The van der Waals surface area contributed by atoms with Crippen LogP contribution in [0.3, 0.4) is 0 Å². The van der Waals surface area contributed by atoms with Crippen molar-refractivity contribution in [2.24, 2.45) is 0 Å². The third-order valence-corrected chi connectivity index (χ3v) is 2.73. The number of carbonyl (C=O) groups is 4. The Morgan fingerprint density at radius 2 is 0.913 bits per heavy atom. The number of hydrogen-bond donors (Lipinski definition) is 0. The Morgan fingerprint density at radius 3 is 1.04 bits per heavy atom. The molecule has 23 heavy (non-hydrogen) atoms. The van der Waals surface area contributed by atoms with Crippen molar-refractivity contribution < 1.29 is 45.7 Å². The molecule has 6 nitrogen and oxygen atoms in total. The molecule has 0 aliphatic heterocycles. The number of carbonyl (C=O) groups excluding carboxylic acids is 4. The molecular formula is C16H30O6Ti. The second-order valence-electron chi connectivity index (χ2n) is 4.94. The first kappa shape index (κ1) is 27.2. The van der Waals surface area contributed by atoms with E-state index in [-0.39, 0.29) is 36.0 Å². The van der Waals surface area contributed by atoms with E-state index in [0.29, 0.717) is 0 Å². The van der Waals surface area contributed by atoms with Crippen LogP contribution in [0.5, 0.6) is 0 Å². The van der Waals surface area contributed by atoms with Gasteiger partial charge >= 0.3 is 66.5 Å². The molecule has 0 aromatic rings.